The number of halogens is 3. The highest BCUT2D eigenvalue weighted by atomic mass is 79.9. The third-order valence-corrected chi connectivity index (χ3v) is 3.92. The van der Waals surface area contributed by atoms with Gasteiger partial charge in [-0.2, -0.15) is 0 Å². The molecule has 0 aromatic carbocycles. The lowest BCUT2D eigenvalue weighted by Crippen LogP contribution is -2.55. The Hall–Kier alpha value is -0.360. The Morgan fingerprint density at radius 3 is 2.70 bits per heavy atom. The average Bonchev–Trinajstić information content (AvgIpc) is 2.34. The lowest BCUT2D eigenvalue weighted by molar-refractivity contribution is 0.0897. The number of hydrogen-bond donors (Lipinski definition) is 2. The summed E-state index contributed by atoms with van der Waals surface area (Å²) in [7, 11) is 0. The number of carbonyl (C=O) groups is 1. The zero-order valence-corrected chi connectivity index (χ0v) is 14.6. The monoisotopic (exact) mass is 383 g/mol. The van der Waals surface area contributed by atoms with Crippen molar-refractivity contribution in [2.45, 2.75) is 32.4 Å². The maximum absolute atomic E-state index is 12.2. The van der Waals surface area contributed by atoms with Gasteiger partial charge in [-0.25, -0.2) is 0 Å². The highest BCUT2D eigenvalue weighted by Gasteiger charge is 2.28. The van der Waals surface area contributed by atoms with Crippen LogP contribution >= 0.6 is 40.7 Å². The molecule has 1 aliphatic rings. The third-order valence-electron chi connectivity index (χ3n) is 3.48. The molecule has 114 valence electrons. The van der Waals surface area contributed by atoms with Gasteiger partial charge < -0.3 is 10.6 Å². The van der Waals surface area contributed by atoms with Gasteiger partial charge in [-0.3, -0.25) is 9.78 Å². The van der Waals surface area contributed by atoms with Crippen LogP contribution in [0.3, 0.4) is 0 Å². The summed E-state index contributed by atoms with van der Waals surface area (Å²) in [6.07, 6.45) is 4.35. The van der Waals surface area contributed by atoms with Crippen LogP contribution in [0.2, 0.25) is 0 Å². The standard InChI is InChI=1S/C13H18BrN3O.2ClH/c1-8-3-4-16-9(2)12(8)17-13(18)10-5-11(14)7-15-6-10;;/h5-9,12,16H,3-4H2,1-2H3,(H,17,18);2*1H. The van der Waals surface area contributed by atoms with Crippen LogP contribution in [0.1, 0.15) is 30.6 Å². The Kier molecular flexibility index (Phi) is 8.66. The summed E-state index contributed by atoms with van der Waals surface area (Å²) in [5, 5.41) is 6.49. The first-order valence-electron chi connectivity index (χ1n) is 6.22. The van der Waals surface area contributed by atoms with Gasteiger partial charge in [0.2, 0.25) is 0 Å². The molecule has 0 spiro atoms. The summed E-state index contributed by atoms with van der Waals surface area (Å²) in [6, 6.07) is 2.26. The SMILES string of the molecule is CC1CCNC(C)C1NC(=O)c1cncc(Br)c1.Cl.Cl. The minimum absolute atomic E-state index is 0. The van der Waals surface area contributed by atoms with Crippen LogP contribution in [0.5, 0.6) is 0 Å². The highest BCUT2D eigenvalue weighted by Crippen LogP contribution is 2.17. The number of amides is 1. The zero-order valence-electron chi connectivity index (χ0n) is 11.4. The Labute approximate surface area is 140 Å². The lowest BCUT2D eigenvalue weighted by atomic mass is 9.89. The van der Waals surface area contributed by atoms with Crippen LogP contribution in [0.15, 0.2) is 22.9 Å². The van der Waals surface area contributed by atoms with Gasteiger partial charge in [0, 0.05) is 29.0 Å². The van der Waals surface area contributed by atoms with Crippen molar-refractivity contribution in [1.29, 1.82) is 0 Å². The maximum Gasteiger partial charge on any atom is 0.253 e. The van der Waals surface area contributed by atoms with E-state index in [0.717, 1.165) is 17.4 Å². The van der Waals surface area contributed by atoms with Crippen molar-refractivity contribution in [2.75, 3.05) is 6.54 Å². The summed E-state index contributed by atoms with van der Waals surface area (Å²) < 4.78 is 0.818. The first-order chi connectivity index (χ1) is 8.58. The molecule has 0 saturated carbocycles. The molecule has 1 amide bonds. The third kappa shape index (κ3) is 4.88. The summed E-state index contributed by atoms with van der Waals surface area (Å²) in [4.78, 5) is 16.2. The van der Waals surface area contributed by atoms with E-state index in [1.165, 1.54) is 0 Å². The van der Waals surface area contributed by atoms with Crippen molar-refractivity contribution in [1.82, 2.24) is 15.6 Å². The van der Waals surface area contributed by atoms with E-state index in [-0.39, 0.29) is 36.8 Å². The van der Waals surface area contributed by atoms with E-state index in [9.17, 15) is 4.79 Å². The van der Waals surface area contributed by atoms with Crippen molar-refractivity contribution in [2.24, 2.45) is 5.92 Å². The smallest absolute Gasteiger partial charge is 0.253 e. The van der Waals surface area contributed by atoms with Crippen LogP contribution in [0.25, 0.3) is 0 Å². The fourth-order valence-corrected chi connectivity index (χ4v) is 2.74. The van der Waals surface area contributed by atoms with Crippen LogP contribution in [-0.4, -0.2) is 29.5 Å². The number of carbonyl (C=O) groups excluding carboxylic acids is 1. The molecule has 0 bridgehead atoms. The number of nitrogens with one attached hydrogen (secondary N) is 2. The molecule has 2 heterocycles. The first-order valence-corrected chi connectivity index (χ1v) is 7.02. The summed E-state index contributed by atoms with van der Waals surface area (Å²) in [6.45, 7) is 5.31. The van der Waals surface area contributed by atoms with Crippen LogP contribution < -0.4 is 10.6 Å². The quantitative estimate of drug-likeness (QED) is 0.824. The molecule has 7 heteroatoms. The predicted octanol–water partition coefficient (Wildman–Crippen LogP) is 2.80. The van der Waals surface area contributed by atoms with Crippen molar-refractivity contribution in [3.05, 3.63) is 28.5 Å². The Bertz CT molecular complexity index is 437. The van der Waals surface area contributed by atoms with Crippen molar-refractivity contribution < 1.29 is 4.79 Å². The van der Waals surface area contributed by atoms with E-state index in [0.29, 0.717) is 17.5 Å². The molecule has 1 aromatic heterocycles. The first kappa shape index (κ1) is 19.6. The van der Waals surface area contributed by atoms with Crippen molar-refractivity contribution in [3.8, 4) is 0 Å². The molecule has 2 rings (SSSR count). The van der Waals surface area contributed by atoms with E-state index >= 15 is 0 Å². The number of piperidine rings is 1. The lowest BCUT2D eigenvalue weighted by Gasteiger charge is -2.36. The van der Waals surface area contributed by atoms with Crippen LogP contribution in [-0.2, 0) is 0 Å². The normalized spacial score (nSPS) is 25.1. The molecule has 1 aliphatic heterocycles. The fourth-order valence-electron chi connectivity index (χ4n) is 2.38. The molecule has 0 radical (unpaired) electrons. The van der Waals surface area contributed by atoms with Gasteiger partial charge in [0.1, 0.15) is 0 Å². The van der Waals surface area contributed by atoms with Crippen LogP contribution in [0.4, 0.5) is 0 Å². The summed E-state index contributed by atoms with van der Waals surface area (Å²) in [5.74, 6) is 0.432. The molecule has 20 heavy (non-hydrogen) atoms. The molecule has 4 nitrogen and oxygen atoms in total. The van der Waals surface area contributed by atoms with Gasteiger partial charge in [0.15, 0.2) is 0 Å². The fraction of sp³-hybridized carbons (Fsp3) is 0.538. The van der Waals surface area contributed by atoms with E-state index in [2.05, 4.69) is 45.4 Å². The molecule has 0 aliphatic carbocycles. The topological polar surface area (TPSA) is 54.0 Å². The predicted molar refractivity (Wildman–Crippen MR) is 88.9 cm³/mol. The minimum atomic E-state index is -0.0591. The van der Waals surface area contributed by atoms with E-state index in [1.807, 2.05) is 0 Å². The van der Waals surface area contributed by atoms with Crippen LogP contribution in [0, 0.1) is 5.92 Å². The Morgan fingerprint density at radius 1 is 1.40 bits per heavy atom. The second-order valence-corrected chi connectivity index (χ2v) is 5.82. The zero-order chi connectivity index (χ0) is 13.1. The second-order valence-electron chi connectivity index (χ2n) is 4.90. The average molecular weight is 385 g/mol. The number of rotatable bonds is 2. The molecule has 1 saturated heterocycles. The summed E-state index contributed by atoms with van der Waals surface area (Å²) >= 11 is 3.32. The van der Waals surface area contributed by atoms with Gasteiger partial charge in [-0.1, -0.05) is 6.92 Å². The molecular formula is C13H20BrCl2N3O. The Morgan fingerprint density at radius 2 is 2.10 bits per heavy atom. The van der Waals surface area contributed by atoms with Crippen molar-refractivity contribution >= 4 is 46.7 Å². The molecule has 1 fully saturated rings. The molecular weight excluding hydrogens is 365 g/mol. The molecule has 1 aromatic rings. The minimum Gasteiger partial charge on any atom is -0.347 e. The molecule has 3 unspecified atom stereocenters. The summed E-state index contributed by atoms with van der Waals surface area (Å²) in [5.41, 5.74) is 0.592. The highest BCUT2D eigenvalue weighted by molar-refractivity contribution is 9.10. The largest absolute Gasteiger partial charge is 0.347 e. The number of pyridine rings is 1. The van der Waals surface area contributed by atoms with E-state index in [4.69, 9.17) is 0 Å². The number of aromatic nitrogens is 1. The van der Waals surface area contributed by atoms with Gasteiger partial charge in [0.05, 0.1) is 5.56 Å². The van der Waals surface area contributed by atoms with E-state index in [1.54, 1.807) is 18.5 Å². The Balaban J connectivity index is 0.00000180. The second kappa shape index (κ2) is 8.82. The maximum atomic E-state index is 12.2. The van der Waals surface area contributed by atoms with Gasteiger partial charge in [-0.05, 0) is 47.8 Å². The van der Waals surface area contributed by atoms with Gasteiger partial charge in [-0.15, -0.1) is 24.8 Å². The molecule has 3 atom stereocenters. The van der Waals surface area contributed by atoms with Crippen molar-refractivity contribution in [3.63, 3.8) is 0 Å². The number of hydrogen-bond acceptors (Lipinski definition) is 3. The van der Waals surface area contributed by atoms with Gasteiger partial charge >= 0.3 is 0 Å². The van der Waals surface area contributed by atoms with E-state index < -0.39 is 0 Å². The van der Waals surface area contributed by atoms with Gasteiger partial charge in [0.25, 0.3) is 5.91 Å². The number of nitrogens with zero attached hydrogens (tertiary/aromatic N) is 1. The molecule has 2 N–H and O–H groups in total.